The molecule has 1 aromatic heterocycles. The fourth-order valence-corrected chi connectivity index (χ4v) is 4.46. The van der Waals surface area contributed by atoms with E-state index in [1.54, 1.807) is 0 Å². The van der Waals surface area contributed by atoms with Crippen molar-refractivity contribution < 1.29 is 13.2 Å². The molecule has 3 atom stereocenters. The van der Waals surface area contributed by atoms with Crippen molar-refractivity contribution in [3.8, 4) is 0 Å². The molecule has 1 heterocycles. The number of hydrogen-bond donors (Lipinski definition) is 1. The van der Waals surface area contributed by atoms with E-state index in [4.69, 9.17) is 0 Å². The maximum absolute atomic E-state index is 12.6. The third-order valence-corrected chi connectivity index (χ3v) is 5.65. The van der Waals surface area contributed by atoms with Gasteiger partial charge in [0.2, 0.25) is 0 Å². The van der Waals surface area contributed by atoms with Crippen LogP contribution >= 0.6 is 0 Å². The standard InChI is InChI=1S/C16H21F3N2/c1-14(2)10-6-7-15(3,8-10)13(14)21-12-5-4-11(9-20-12)16(17,18)19/h4-5,9-10,13H,6-8H2,1-3H3,(H,20,21). The van der Waals surface area contributed by atoms with Crippen molar-refractivity contribution in [2.24, 2.45) is 16.7 Å². The van der Waals surface area contributed by atoms with E-state index in [9.17, 15) is 13.2 Å². The summed E-state index contributed by atoms with van der Waals surface area (Å²) < 4.78 is 37.7. The largest absolute Gasteiger partial charge is 0.417 e. The maximum Gasteiger partial charge on any atom is 0.417 e. The quantitative estimate of drug-likeness (QED) is 0.854. The Morgan fingerprint density at radius 2 is 1.95 bits per heavy atom. The van der Waals surface area contributed by atoms with Crippen molar-refractivity contribution in [1.82, 2.24) is 4.98 Å². The molecular formula is C16H21F3N2. The normalized spacial score (nSPS) is 34.2. The number of halogens is 3. The van der Waals surface area contributed by atoms with Crippen LogP contribution < -0.4 is 5.32 Å². The smallest absolute Gasteiger partial charge is 0.366 e. The lowest BCUT2D eigenvalue weighted by molar-refractivity contribution is -0.137. The molecule has 3 unspecified atom stereocenters. The average Bonchev–Trinajstić information content (AvgIpc) is 2.85. The zero-order valence-electron chi connectivity index (χ0n) is 12.6. The van der Waals surface area contributed by atoms with Gasteiger partial charge in [0.15, 0.2) is 0 Å². The zero-order valence-corrected chi connectivity index (χ0v) is 12.6. The second-order valence-electron chi connectivity index (χ2n) is 7.42. The van der Waals surface area contributed by atoms with Crippen molar-refractivity contribution >= 4 is 5.82 Å². The van der Waals surface area contributed by atoms with Gasteiger partial charge in [-0.3, -0.25) is 0 Å². The summed E-state index contributed by atoms with van der Waals surface area (Å²) in [5.74, 6) is 1.23. The summed E-state index contributed by atoms with van der Waals surface area (Å²) in [6.07, 6.45) is 0.202. The first-order valence-electron chi connectivity index (χ1n) is 7.43. The van der Waals surface area contributed by atoms with Gasteiger partial charge in [0, 0.05) is 12.2 Å². The monoisotopic (exact) mass is 298 g/mol. The Morgan fingerprint density at radius 1 is 1.24 bits per heavy atom. The Morgan fingerprint density at radius 3 is 2.43 bits per heavy atom. The van der Waals surface area contributed by atoms with Gasteiger partial charge in [-0.2, -0.15) is 13.2 Å². The number of hydrogen-bond acceptors (Lipinski definition) is 2. The zero-order chi connectivity index (χ0) is 15.5. The Labute approximate surface area is 123 Å². The Kier molecular flexibility index (Phi) is 3.05. The number of nitrogens with one attached hydrogen (secondary N) is 1. The molecule has 1 N–H and O–H groups in total. The second kappa shape index (κ2) is 4.37. The highest BCUT2D eigenvalue weighted by Gasteiger charge is 2.59. The van der Waals surface area contributed by atoms with Crippen LogP contribution in [-0.2, 0) is 6.18 Å². The van der Waals surface area contributed by atoms with Crippen LogP contribution in [0.1, 0.15) is 45.6 Å². The van der Waals surface area contributed by atoms with Gasteiger partial charge in [0.1, 0.15) is 5.82 Å². The van der Waals surface area contributed by atoms with E-state index in [0.29, 0.717) is 11.7 Å². The molecule has 0 amide bonds. The molecule has 0 radical (unpaired) electrons. The fourth-order valence-electron chi connectivity index (χ4n) is 4.46. The van der Waals surface area contributed by atoms with Crippen molar-refractivity contribution in [2.45, 2.75) is 52.3 Å². The molecule has 116 valence electrons. The lowest BCUT2D eigenvalue weighted by atomic mass is 9.68. The second-order valence-corrected chi connectivity index (χ2v) is 7.42. The van der Waals surface area contributed by atoms with Crippen LogP contribution in [0, 0.1) is 16.7 Å². The number of anilines is 1. The van der Waals surface area contributed by atoms with Crippen LogP contribution in [0.4, 0.5) is 19.0 Å². The molecule has 0 aromatic carbocycles. The van der Waals surface area contributed by atoms with E-state index in [1.807, 2.05) is 0 Å². The summed E-state index contributed by atoms with van der Waals surface area (Å²) in [5.41, 5.74) is -0.331. The fraction of sp³-hybridized carbons (Fsp3) is 0.688. The highest BCUT2D eigenvalue weighted by atomic mass is 19.4. The molecule has 2 aliphatic carbocycles. The maximum atomic E-state index is 12.6. The lowest BCUT2D eigenvalue weighted by Gasteiger charge is -2.43. The highest BCUT2D eigenvalue weighted by molar-refractivity contribution is 5.40. The first-order chi connectivity index (χ1) is 9.63. The van der Waals surface area contributed by atoms with Crippen molar-refractivity contribution in [2.75, 3.05) is 5.32 Å². The van der Waals surface area contributed by atoms with Gasteiger partial charge >= 0.3 is 6.18 Å². The number of aromatic nitrogens is 1. The summed E-state index contributed by atoms with van der Waals surface area (Å²) in [7, 11) is 0. The molecule has 1 aromatic rings. The lowest BCUT2D eigenvalue weighted by Crippen LogP contribution is -2.45. The molecule has 0 spiro atoms. The van der Waals surface area contributed by atoms with E-state index in [0.717, 1.165) is 12.3 Å². The SMILES string of the molecule is CC12CCC(C1)C(C)(C)C2Nc1ccc(C(F)(F)F)cn1. The number of fused-ring (bicyclic) bond motifs is 2. The molecule has 2 bridgehead atoms. The minimum Gasteiger partial charge on any atom is -0.366 e. The summed E-state index contributed by atoms with van der Waals surface area (Å²) in [6.45, 7) is 6.79. The van der Waals surface area contributed by atoms with Crippen molar-refractivity contribution in [3.05, 3.63) is 23.9 Å². The van der Waals surface area contributed by atoms with Gasteiger partial charge in [-0.25, -0.2) is 4.98 Å². The van der Waals surface area contributed by atoms with Gasteiger partial charge in [-0.15, -0.1) is 0 Å². The highest BCUT2D eigenvalue weighted by Crippen LogP contribution is 2.63. The molecule has 2 fully saturated rings. The Hall–Kier alpha value is -1.26. The molecule has 3 rings (SSSR count). The Bertz CT molecular complexity index is 531. The molecule has 21 heavy (non-hydrogen) atoms. The third-order valence-electron chi connectivity index (χ3n) is 5.65. The van der Waals surface area contributed by atoms with Gasteiger partial charge < -0.3 is 5.32 Å². The van der Waals surface area contributed by atoms with Crippen LogP contribution in [0.15, 0.2) is 18.3 Å². The van der Waals surface area contributed by atoms with Crippen LogP contribution in [0.3, 0.4) is 0 Å². The molecule has 0 aliphatic heterocycles. The molecule has 5 heteroatoms. The topological polar surface area (TPSA) is 24.9 Å². The summed E-state index contributed by atoms with van der Waals surface area (Å²) >= 11 is 0. The number of rotatable bonds is 2. The first kappa shape index (κ1) is 14.7. The third kappa shape index (κ3) is 2.30. The molecular weight excluding hydrogens is 277 g/mol. The van der Waals surface area contributed by atoms with Crippen LogP contribution in [0.2, 0.25) is 0 Å². The molecule has 0 saturated heterocycles. The van der Waals surface area contributed by atoms with Gasteiger partial charge in [0.25, 0.3) is 0 Å². The van der Waals surface area contributed by atoms with E-state index in [1.165, 1.54) is 25.3 Å². The number of pyridine rings is 1. The summed E-state index contributed by atoms with van der Waals surface area (Å²) in [6, 6.07) is 2.79. The average molecular weight is 298 g/mol. The van der Waals surface area contributed by atoms with Gasteiger partial charge in [-0.05, 0) is 48.1 Å². The van der Waals surface area contributed by atoms with Crippen molar-refractivity contribution in [1.29, 1.82) is 0 Å². The van der Waals surface area contributed by atoms with Gasteiger partial charge in [-0.1, -0.05) is 20.8 Å². The summed E-state index contributed by atoms with van der Waals surface area (Å²) in [4.78, 5) is 3.96. The van der Waals surface area contributed by atoms with Crippen molar-refractivity contribution in [3.63, 3.8) is 0 Å². The number of alkyl halides is 3. The van der Waals surface area contributed by atoms with E-state index in [-0.39, 0.29) is 16.9 Å². The molecule has 2 aliphatic rings. The van der Waals surface area contributed by atoms with Crippen LogP contribution in [0.25, 0.3) is 0 Å². The minimum atomic E-state index is -4.33. The molecule has 2 saturated carbocycles. The number of nitrogens with zero attached hydrogens (tertiary/aromatic N) is 1. The van der Waals surface area contributed by atoms with E-state index in [2.05, 4.69) is 31.1 Å². The first-order valence-corrected chi connectivity index (χ1v) is 7.43. The van der Waals surface area contributed by atoms with Gasteiger partial charge in [0.05, 0.1) is 5.56 Å². The summed E-state index contributed by atoms with van der Waals surface area (Å²) in [5, 5.41) is 3.40. The predicted octanol–water partition coefficient (Wildman–Crippen LogP) is 4.73. The minimum absolute atomic E-state index is 0.150. The van der Waals surface area contributed by atoms with Crippen LogP contribution in [0.5, 0.6) is 0 Å². The van der Waals surface area contributed by atoms with Crippen LogP contribution in [-0.4, -0.2) is 11.0 Å². The predicted molar refractivity (Wildman–Crippen MR) is 75.9 cm³/mol. The molecule has 2 nitrogen and oxygen atoms in total. The Balaban J connectivity index is 1.81. The van der Waals surface area contributed by atoms with E-state index < -0.39 is 11.7 Å². The van der Waals surface area contributed by atoms with E-state index >= 15 is 0 Å².